The molecular weight excluding hydrogens is 236 g/mol. The summed E-state index contributed by atoms with van der Waals surface area (Å²) in [4.78, 5) is 2.69. The highest BCUT2D eigenvalue weighted by Gasteiger charge is 2.36. The lowest BCUT2D eigenvalue weighted by Gasteiger charge is -2.30. The Hall–Kier alpha value is -0.120. The van der Waals surface area contributed by atoms with Crippen molar-refractivity contribution in [3.8, 4) is 0 Å². The Morgan fingerprint density at radius 1 is 1.32 bits per heavy atom. The van der Waals surface area contributed by atoms with Crippen LogP contribution in [-0.2, 0) is 4.74 Å². The van der Waals surface area contributed by atoms with Gasteiger partial charge in [0, 0.05) is 31.7 Å². The Morgan fingerprint density at radius 2 is 2.11 bits per heavy atom. The second-order valence-corrected chi connectivity index (χ2v) is 6.48. The van der Waals surface area contributed by atoms with Crippen molar-refractivity contribution >= 4 is 0 Å². The second-order valence-electron chi connectivity index (χ2n) is 6.48. The molecule has 2 fully saturated rings. The Labute approximate surface area is 119 Å². The molecule has 1 N–H and O–H groups in total. The third kappa shape index (κ3) is 3.71. The molecule has 0 aromatic rings. The molecule has 0 bridgehead atoms. The third-order valence-corrected chi connectivity index (χ3v) is 5.47. The van der Waals surface area contributed by atoms with Crippen LogP contribution in [0.15, 0.2) is 0 Å². The molecule has 112 valence electrons. The normalized spacial score (nSPS) is 28.9. The maximum atomic E-state index is 5.57. The van der Waals surface area contributed by atoms with Gasteiger partial charge >= 0.3 is 0 Å². The molecular formula is C16H32N2O. The zero-order valence-electron chi connectivity index (χ0n) is 13.1. The fourth-order valence-corrected chi connectivity index (χ4v) is 3.80. The number of likely N-dealkylation sites (tertiary alicyclic amines) is 1. The van der Waals surface area contributed by atoms with Gasteiger partial charge in [-0.1, -0.05) is 20.8 Å². The maximum Gasteiger partial charge on any atom is 0.0510 e. The molecule has 0 radical (unpaired) electrons. The van der Waals surface area contributed by atoms with Crippen LogP contribution in [0.1, 0.15) is 46.5 Å². The molecule has 0 aliphatic carbocycles. The summed E-state index contributed by atoms with van der Waals surface area (Å²) in [5, 5.41) is 3.69. The van der Waals surface area contributed by atoms with E-state index in [2.05, 4.69) is 31.0 Å². The molecule has 0 aromatic carbocycles. The average molecular weight is 268 g/mol. The van der Waals surface area contributed by atoms with Crippen molar-refractivity contribution in [2.24, 2.45) is 11.3 Å². The van der Waals surface area contributed by atoms with Gasteiger partial charge in [0.2, 0.25) is 0 Å². The van der Waals surface area contributed by atoms with Crippen LogP contribution in [-0.4, -0.2) is 50.3 Å². The van der Waals surface area contributed by atoms with Crippen molar-refractivity contribution in [1.82, 2.24) is 10.2 Å². The first kappa shape index (κ1) is 15.3. The predicted octanol–water partition coefficient (Wildman–Crippen LogP) is 2.51. The topological polar surface area (TPSA) is 24.5 Å². The monoisotopic (exact) mass is 268 g/mol. The van der Waals surface area contributed by atoms with Gasteiger partial charge in [-0.3, -0.25) is 0 Å². The minimum absolute atomic E-state index is 0.600. The van der Waals surface area contributed by atoms with Crippen LogP contribution in [0, 0.1) is 11.3 Å². The highest BCUT2D eigenvalue weighted by atomic mass is 16.5. The molecule has 2 rings (SSSR count). The molecule has 19 heavy (non-hydrogen) atoms. The Balaban J connectivity index is 1.87. The fraction of sp³-hybridized carbons (Fsp3) is 1.00. The number of nitrogens with one attached hydrogen (secondary N) is 1. The van der Waals surface area contributed by atoms with E-state index in [4.69, 9.17) is 4.74 Å². The van der Waals surface area contributed by atoms with E-state index in [1.807, 2.05) is 0 Å². The molecule has 0 aromatic heterocycles. The smallest absolute Gasteiger partial charge is 0.0510 e. The van der Waals surface area contributed by atoms with Crippen LogP contribution in [0.25, 0.3) is 0 Å². The van der Waals surface area contributed by atoms with E-state index < -0.39 is 0 Å². The van der Waals surface area contributed by atoms with Crippen molar-refractivity contribution in [2.75, 3.05) is 39.4 Å². The van der Waals surface area contributed by atoms with Crippen LogP contribution in [0.4, 0.5) is 0 Å². The fourth-order valence-electron chi connectivity index (χ4n) is 3.80. The van der Waals surface area contributed by atoms with Gasteiger partial charge in [-0.05, 0) is 44.2 Å². The molecule has 2 heterocycles. The highest BCUT2D eigenvalue weighted by molar-refractivity contribution is 4.91. The van der Waals surface area contributed by atoms with Crippen LogP contribution >= 0.6 is 0 Å². The SMILES string of the molecule is CCNC(CN1CCC(CC)(CC)C1)C1CCOC1. The van der Waals surface area contributed by atoms with Gasteiger partial charge in [-0.25, -0.2) is 0 Å². The highest BCUT2D eigenvalue weighted by Crippen LogP contribution is 2.37. The lowest BCUT2D eigenvalue weighted by atomic mass is 9.82. The Kier molecular flexibility index (Phi) is 5.67. The number of likely N-dealkylation sites (N-methyl/N-ethyl adjacent to an activating group) is 1. The lowest BCUT2D eigenvalue weighted by Crippen LogP contribution is -2.45. The van der Waals surface area contributed by atoms with Crippen molar-refractivity contribution in [3.63, 3.8) is 0 Å². The second kappa shape index (κ2) is 7.05. The average Bonchev–Trinajstić information content (AvgIpc) is 3.08. The first-order valence-electron chi connectivity index (χ1n) is 8.26. The molecule has 2 atom stereocenters. The van der Waals surface area contributed by atoms with Gasteiger partial charge in [-0.2, -0.15) is 0 Å². The zero-order valence-corrected chi connectivity index (χ0v) is 13.1. The molecule has 3 heteroatoms. The van der Waals surface area contributed by atoms with E-state index in [1.54, 1.807) is 0 Å². The third-order valence-electron chi connectivity index (χ3n) is 5.47. The summed E-state index contributed by atoms with van der Waals surface area (Å²) in [6.07, 6.45) is 5.29. The van der Waals surface area contributed by atoms with Crippen molar-refractivity contribution in [2.45, 2.75) is 52.5 Å². The van der Waals surface area contributed by atoms with Crippen LogP contribution < -0.4 is 5.32 Å². The van der Waals surface area contributed by atoms with Gasteiger partial charge in [0.25, 0.3) is 0 Å². The number of hydrogen-bond acceptors (Lipinski definition) is 3. The standard InChI is InChI=1S/C16H32N2O/c1-4-16(5-2)8-9-18(13-16)11-15(17-6-3)14-7-10-19-12-14/h14-15,17H,4-13H2,1-3H3. The van der Waals surface area contributed by atoms with Gasteiger partial charge in [0.1, 0.15) is 0 Å². The first-order chi connectivity index (χ1) is 9.23. The van der Waals surface area contributed by atoms with Gasteiger partial charge in [0.05, 0.1) is 6.61 Å². The molecule has 0 saturated carbocycles. The van der Waals surface area contributed by atoms with Crippen LogP contribution in [0.2, 0.25) is 0 Å². The van der Waals surface area contributed by atoms with Gasteiger partial charge < -0.3 is 15.0 Å². The summed E-state index contributed by atoms with van der Waals surface area (Å²) in [5.74, 6) is 0.721. The van der Waals surface area contributed by atoms with Gasteiger partial charge in [-0.15, -0.1) is 0 Å². The molecule has 2 aliphatic heterocycles. The largest absolute Gasteiger partial charge is 0.381 e. The molecule has 3 nitrogen and oxygen atoms in total. The summed E-state index contributed by atoms with van der Waals surface area (Å²) in [7, 11) is 0. The summed E-state index contributed by atoms with van der Waals surface area (Å²) < 4.78 is 5.57. The Bertz CT molecular complexity index is 259. The molecule has 2 saturated heterocycles. The minimum atomic E-state index is 0.600. The van der Waals surface area contributed by atoms with E-state index in [9.17, 15) is 0 Å². The quantitative estimate of drug-likeness (QED) is 0.768. The number of ether oxygens (including phenoxy) is 1. The van der Waals surface area contributed by atoms with E-state index in [0.29, 0.717) is 11.5 Å². The molecule has 2 aliphatic rings. The molecule has 0 amide bonds. The van der Waals surface area contributed by atoms with Crippen LogP contribution in [0.5, 0.6) is 0 Å². The zero-order chi connectivity index (χ0) is 13.7. The first-order valence-corrected chi connectivity index (χ1v) is 8.26. The van der Waals surface area contributed by atoms with Crippen molar-refractivity contribution in [1.29, 1.82) is 0 Å². The van der Waals surface area contributed by atoms with E-state index in [1.165, 1.54) is 45.3 Å². The van der Waals surface area contributed by atoms with E-state index in [-0.39, 0.29) is 0 Å². The predicted molar refractivity (Wildman–Crippen MR) is 80.5 cm³/mol. The van der Waals surface area contributed by atoms with Gasteiger partial charge in [0.15, 0.2) is 0 Å². The Morgan fingerprint density at radius 3 is 2.63 bits per heavy atom. The minimum Gasteiger partial charge on any atom is -0.381 e. The number of nitrogens with zero attached hydrogens (tertiary/aromatic N) is 1. The summed E-state index contributed by atoms with van der Waals surface area (Å²) >= 11 is 0. The van der Waals surface area contributed by atoms with Crippen molar-refractivity contribution < 1.29 is 4.74 Å². The lowest BCUT2D eigenvalue weighted by molar-refractivity contribution is 0.162. The number of hydrogen-bond donors (Lipinski definition) is 1. The van der Waals surface area contributed by atoms with Crippen LogP contribution in [0.3, 0.4) is 0 Å². The molecule has 0 spiro atoms. The summed E-state index contributed by atoms with van der Waals surface area (Å²) in [6, 6.07) is 0.622. The summed E-state index contributed by atoms with van der Waals surface area (Å²) in [6.45, 7) is 13.7. The summed E-state index contributed by atoms with van der Waals surface area (Å²) in [5.41, 5.74) is 0.600. The molecule has 2 unspecified atom stereocenters. The van der Waals surface area contributed by atoms with Crippen molar-refractivity contribution in [3.05, 3.63) is 0 Å². The van der Waals surface area contributed by atoms with E-state index >= 15 is 0 Å². The number of rotatable bonds is 7. The maximum absolute atomic E-state index is 5.57. The van der Waals surface area contributed by atoms with E-state index in [0.717, 1.165) is 25.7 Å².